The number of urea groups is 1. The highest BCUT2D eigenvalue weighted by molar-refractivity contribution is 5.74. The van der Waals surface area contributed by atoms with Gasteiger partial charge >= 0.3 is 12.0 Å². The number of aliphatic carboxylic acids is 1. The maximum atomic E-state index is 11.5. The number of carboxylic acids is 1. The molecule has 5 nitrogen and oxygen atoms in total. The Bertz CT molecular complexity index is 207. The Balaban J connectivity index is 3.66. The van der Waals surface area contributed by atoms with Crippen molar-refractivity contribution in [3.05, 3.63) is 0 Å². The van der Waals surface area contributed by atoms with E-state index in [-0.39, 0.29) is 12.5 Å². The fraction of sp³-hybridized carbons (Fsp3) is 0.800. The number of nitrogens with zero attached hydrogens (tertiary/aromatic N) is 1. The maximum absolute atomic E-state index is 11.5. The molecular weight excluding hydrogens is 196 g/mol. The van der Waals surface area contributed by atoms with E-state index in [0.717, 1.165) is 13.0 Å². The molecule has 2 N–H and O–H groups in total. The van der Waals surface area contributed by atoms with Crippen LogP contribution >= 0.6 is 0 Å². The summed E-state index contributed by atoms with van der Waals surface area (Å²) in [5, 5.41) is 11.1. The lowest BCUT2D eigenvalue weighted by Crippen LogP contribution is -2.40. The van der Waals surface area contributed by atoms with E-state index in [2.05, 4.69) is 5.32 Å². The van der Waals surface area contributed by atoms with Crippen molar-refractivity contribution in [2.45, 2.75) is 33.1 Å². The summed E-state index contributed by atoms with van der Waals surface area (Å²) in [6.07, 6.45) is 1.50. The molecule has 2 amide bonds. The smallest absolute Gasteiger partial charge is 0.317 e. The van der Waals surface area contributed by atoms with E-state index in [1.807, 2.05) is 13.8 Å². The topological polar surface area (TPSA) is 69.6 Å². The Morgan fingerprint density at radius 2 is 2.00 bits per heavy atom. The fourth-order valence-electron chi connectivity index (χ4n) is 1.22. The van der Waals surface area contributed by atoms with Crippen LogP contribution in [0.1, 0.15) is 33.1 Å². The summed E-state index contributed by atoms with van der Waals surface area (Å²) in [6.45, 7) is 5.78. The van der Waals surface area contributed by atoms with Crippen LogP contribution in [-0.2, 0) is 4.79 Å². The van der Waals surface area contributed by atoms with Gasteiger partial charge in [-0.25, -0.2) is 4.79 Å². The van der Waals surface area contributed by atoms with Crippen LogP contribution in [0.3, 0.4) is 0 Å². The predicted molar refractivity (Wildman–Crippen MR) is 57.8 cm³/mol. The van der Waals surface area contributed by atoms with Crippen LogP contribution in [0.25, 0.3) is 0 Å². The van der Waals surface area contributed by atoms with Crippen molar-refractivity contribution in [1.82, 2.24) is 10.2 Å². The van der Waals surface area contributed by atoms with Gasteiger partial charge < -0.3 is 15.3 Å². The van der Waals surface area contributed by atoms with Crippen molar-refractivity contribution in [2.75, 3.05) is 19.6 Å². The Labute approximate surface area is 90.5 Å². The minimum absolute atomic E-state index is 0.0974. The number of amides is 2. The number of nitrogens with one attached hydrogen (secondary N) is 1. The highest BCUT2D eigenvalue weighted by atomic mass is 16.4. The zero-order valence-electron chi connectivity index (χ0n) is 9.45. The Morgan fingerprint density at radius 1 is 1.33 bits per heavy atom. The lowest BCUT2D eigenvalue weighted by molar-refractivity contribution is -0.137. The van der Waals surface area contributed by atoms with E-state index in [0.29, 0.717) is 19.5 Å². The first kappa shape index (κ1) is 13.7. The van der Waals surface area contributed by atoms with E-state index in [1.165, 1.54) is 0 Å². The summed E-state index contributed by atoms with van der Waals surface area (Å²) in [4.78, 5) is 23.4. The SMILES string of the molecule is CCCN(CC)C(=O)NCCCC(=O)O. The first-order chi connectivity index (χ1) is 7.11. The quantitative estimate of drug-likeness (QED) is 0.630. The molecule has 0 heterocycles. The average Bonchev–Trinajstić information content (AvgIpc) is 2.20. The average molecular weight is 216 g/mol. The van der Waals surface area contributed by atoms with Gasteiger partial charge in [0, 0.05) is 26.1 Å². The van der Waals surface area contributed by atoms with Crippen molar-refractivity contribution >= 4 is 12.0 Å². The van der Waals surface area contributed by atoms with Crippen LogP contribution in [0.15, 0.2) is 0 Å². The van der Waals surface area contributed by atoms with Crippen molar-refractivity contribution in [2.24, 2.45) is 0 Å². The highest BCUT2D eigenvalue weighted by Gasteiger charge is 2.08. The van der Waals surface area contributed by atoms with Crippen molar-refractivity contribution in [1.29, 1.82) is 0 Å². The predicted octanol–water partition coefficient (Wildman–Crippen LogP) is 1.29. The molecule has 15 heavy (non-hydrogen) atoms. The second-order valence-electron chi connectivity index (χ2n) is 3.31. The standard InChI is InChI=1S/C10H20N2O3/c1-3-8-12(4-2)10(15)11-7-5-6-9(13)14/h3-8H2,1-2H3,(H,11,15)(H,13,14). The maximum Gasteiger partial charge on any atom is 0.317 e. The molecule has 88 valence electrons. The normalized spacial score (nSPS) is 9.73. The minimum Gasteiger partial charge on any atom is -0.481 e. The molecule has 0 spiro atoms. The van der Waals surface area contributed by atoms with Crippen molar-refractivity contribution < 1.29 is 14.7 Å². The van der Waals surface area contributed by atoms with E-state index in [4.69, 9.17) is 5.11 Å². The van der Waals surface area contributed by atoms with Gasteiger partial charge in [0.05, 0.1) is 0 Å². The molecule has 5 heteroatoms. The summed E-state index contributed by atoms with van der Waals surface area (Å²) < 4.78 is 0. The molecule has 0 unspecified atom stereocenters. The molecule has 0 radical (unpaired) electrons. The third kappa shape index (κ3) is 6.76. The van der Waals surface area contributed by atoms with Gasteiger partial charge in [-0.05, 0) is 19.8 Å². The minimum atomic E-state index is -0.829. The molecule has 0 aliphatic rings. The van der Waals surface area contributed by atoms with Gasteiger partial charge in [-0.15, -0.1) is 0 Å². The third-order valence-electron chi connectivity index (χ3n) is 2.01. The second kappa shape index (κ2) is 8.08. The summed E-state index contributed by atoms with van der Waals surface area (Å²) in [5.74, 6) is -0.829. The molecule has 0 bridgehead atoms. The zero-order chi connectivity index (χ0) is 11.7. The molecule has 0 aromatic rings. The molecule has 0 saturated heterocycles. The van der Waals surface area contributed by atoms with Gasteiger partial charge in [0.2, 0.25) is 0 Å². The molecule has 0 aliphatic heterocycles. The van der Waals surface area contributed by atoms with Crippen molar-refractivity contribution in [3.63, 3.8) is 0 Å². The van der Waals surface area contributed by atoms with Crippen LogP contribution < -0.4 is 5.32 Å². The summed E-state index contributed by atoms with van der Waals surface area (Å²) in [5.41, 5.74) is 0. The summed E-state index contributed by atoms with van der Waals surface area (Å²) >= 11 is 0. The number of carbonyl (C=O) groups excluding carboxylic acids is 1. The van der Waals surface area contributed by atoms with Gasteiger partial charge in [-0.3, -0.25) is 4.79 Å². The van der Waals surface area contributed by atoms with E-state index in [9.17, 15) is 9.59 Å². The molecule has 0 aliphatic carbocycles. The van der Waals surface area contributed by atoms with E-state index in [1.54, 1.807) is 4.90 Å². The third-order valence-corrected chi connectivity index (χ3v) is 2.01. The molecule has 0 atom stereocenters. The van der Waals surface area contributed by atoms with E-state index < -0.39 is 5.97 Å². The fourth-order valence-corrected chi connectivity index (χ4v) is 1.22. The summed E-state index contributed by atoms with van der Waals surface area (Å²) in [6, 6.07) is -0.107. The van der Waals surface area contributed by atoms with Crippen LogP contribution in [0.2, 0.25) is 0 Å². The molecule has 0 aromatic heterocycles. The number of hydrogen-bond donors (Lipinski definition) is 2. The van der Waals surface area contributed by atoms with Crippen LogP contribution in [0.4, 0.5) is 4.79 Å². The van der Waals surface area contributed by atoms with Crippen LogP contribution in [0, 0.1) is 0 Å². The van der Waals surface area contributed by atoms with Gasteiger partial charge in [-0.1, -0.05) is 6.92 Å². The van der Waals surface area contributed by atoms with Gasteiger partial charge in [-0.2, -0.15) is 0 Å². The molecular formula is C10H20N2O3. The van der Waals surface area contributed by atoms with Gasteiger partial charge in [0.1, 0.15) is 0 Å². The number of carbonyl (C=O) groups is 2. The van der Waals surface area contributed by atoms with Gasteiger partial charge in [0.25, 0.3) is 0 Å². The number of rotatable bonds is 7. The second-order valence-corrected chi connectivity index (χ2v) is 3.31. The van der Waals surface area contributed by atoms with Crippen molar-refractivity contribution in [3.8, 4) is 0 Å². The Morgan fingerprint density at radius 3 is 2.47 bits per heavy atom. The largest absolute Gasteiger partial charge is 0.481 e. The Kier molecular flexibility index (Phi) is 7.40. The van der Waals surface area contributed by atoms with E-state index >= 15 is 0 Å². The Hall–Kier alpha value is -1.26. The first-order valence-electron chi connectivity index (χ1n) is 5.36. The summed E-state index contributed by atoms with van der Waals surface area (Å²) in [7, 11) is 0. The molecule has 0 rings (SSSR count). The monoisotopic (exact) mass is 216 g/mol. The zero-order valence-corrected chi connectivity index (χ0v) is 9.45. The van der Waals surface area contributed by atoms with Crippen LogP contribution in [0.5, 0.6) is 0 Å². The number of hydrogen-bond acceptors (Lipinski definition) is 2. The molecule has 0 fully saturated rings. The first-order valence-corrected chi connectivity index (χ1v) is 5.36. The molecule has 0 aromatic carbocycles. The highest BCUT2D eigenvalue weighted by Crippen LogP contribution is 1.93. The number of carboxylic acid groups (broad SMARTS) is 1. The lowest BCUT2D eigenvalue weighted by Gasteiger charge is -2.20. The van der Waals surface area contributed by atoms with Gasteiger partial charge in [0.15, 0.2) is 0 Å². The lowest BCUT2D eigenvalue weighted by atomic mass is 10.3. The van der Waals surface area contributed by atoms with Crippen LogP contribution in [-0.4, -0.2) is 41.6 Å². The molecule has 0 saturated carbocycles.